The van der Waals surface area contributed by atoms with Crippen LogP contribution in [0.25, 0.3) is 22.8 Å². The van der Waals surface area contributed by atoms with E-state index in [1.807, 2.05) is 19.2 Å². The molecule has 0 radical (unpaired) electrons. The van der Waals surface area contributed by atoms with Gasteiger partial charge in [-0.1, -0.05) is 22.8 Å². The van der Waals surface area contributed by atoms with Gasteiger partial charge in [0.15, 0.2) is 11.5 Å². The molecule has 4 rings (SSSR count). The van der Waals surface area contributed by atoms with E-state index in [2.05, 4.69) is 20.6 Å². The SMILES string of the molecule is COc1ccc(-c2noc(-c3c(SC)nn(CC(=O)Nc4cc(Cl)ccc4C)c3N)n2)cc1OC. The third-order valence-corrected chi connectivity index (χ3v) is 6.11. The van der Waals surface area contributed by atoms with Gasteiger partial charge in [-0.15, -0.1) is 11.8 Å². The number of benzene rings is 2. The topological polar surface area (TPSA) is 130 Å². The monoisotopic (exact) mass is 514 g/mol. The molecule has 1 amide bonds. The van der Waals surface area contributed by atoms with Crippen molar-refractivity contribution in [2.45, 2.75) is 18.5 Å². The predicted molar refractivity (Wildman–Crippen MR) is 135 cm³/mol. The summed E-state index contributed by atoms with van der Waals surface area (Å²) < 4.78 is 17.5. The quantitative estimate of drug-likeness (QED) is 0.326. The smallest absolute Gasteiger partial charge is 0.264 e. The molecule has 0 saturated heterocycles. The fraction of sp³-hybridized carbons (Fsp3) is 0.217. The summed E-state index contributed by atoms with van der Waals surface area (Å²) in [5.41, 5.74) is 9.00. The van der Waals surface area contributed by atoms with E-state index in [1.54, 1.807) is 44.6 Å². The Morgan fingerprint density at radius 1 is 1.20 bits per heavy atom. The molecule has 2 aromatic heterocycles. The van der Waals surface area contributed by atoms with E-state index in [9.17, 15) is 4.79 Å². The lowest BCUT2D eigenvalue weighted by atomic mass is 10.2. The first kappa shape index (κ1) is 24.4. The van der Waals surface area contributed by atoms with Crippen LogP contribution in [0.15, 0.2) is 45.9 Å². The number of carbonyl (C=O) groups excluding carboxylic acids is 1. The molecule has 0 aliphatic carbocycles. The summed E-state index contributed by atoms with van der Waals surface area (Å²) >= 11 is 7.40. The number of nitrogen functional groups attached to an aromatic ring is 1. The minimum absolute atomic E-state index is 0.109. The number of halogens is 1. The Morgan fingerprint density at radius 3 is 2.69 bits per heavy atom. The van der Waals surface area contributed by atoms with Gasteiger partial charge in [0.1, 0.15) is 23.0 Å². The fourth-order valence-corrected chi connectivity index (χ4v) is 4.14. The number of nitrogens with two attached hydrogens (primary N) is 1. The first-order valence-electron chi connectivity index (χ1n) is 10.4. The van der Waals surface area contributed by atoms with Crippen molar-refractivity contribution in [3.8, 4) is 34.3 Å². The van der Waals surface area contributed by atoms with Crippen molar-refractivity contribution in [1.82, 2.24) is 19.9 Å². The maximum absolute atomic E-state index is 12.7. The molecule has 0 aliphatic rings. The Kier molecular flexibility index (Phi) is 7.17. The van der Waals surface area contributed by atoms with Gasteiger partial charge in [-0.25, -0.2) is 4.68 Å². The van der Waals surface area contributed by atoms with Crippen molar-refractivity contribution < 1.29 is 18.8 Å². The third-order valence-electron chi connectivity index (χ3n) is 5.20. The van der Waals surface area contributed by atoms with Crippen LogP contribution in [0, 0.1) is 6.92 Å². The van der Waals surface area contributed by atoms with Crippen molar-refractivity contribution >= 4 is 40.8 Å². The Bertz CT molecular complexity index is 1390. The van der Waals surface area contributed by atoms with E-state index in [1.165, 1.54) is 16.4 Å². The number of nitrogens with zero attached hydrogens (tertiary/aromatic N) is 4. The van der Waals surface area contributed by atoms with E-state index in [0.29, 0.717) is 44.2 Å². The number of thioether (sulfide) groups is 1. The fourth-order valence-electron chi connectivity index (χ4n) is 3.39. The number of aromatic nitrogens is 4. The number of hydrogen-bond donors (Lipinski definition) is 2. The average molecular weight is 515 g/mol. The number of methoxy groups -OCH3 is 2. The minimum atomic E-state index is -0.305. The van der Waals surface area contributed by atoms with E-state index in [4.69, 9.17) is 31.3 Å². The number of carbonyl (C=O) groups is 1. The lowest BCUT2D eigenvalue weighted by Gasteiger charge is -2.09. The van der Waals surface area contributed by atoms with Gasteiger partial charge in [-0.3, -0.25) is 4.79 Å². The molecule has 0 atom stereocenters. The number of aryl methyl sites for hydroxylation is 1. The van der Waals surface area contributed by atoms with Crippen LogP contribution in [-0.4, -0.2) is 46.3 Å². The second kappa shape index (κ2) is 10.3. The van der Waals surface area contributed by atoms with Crippen LogP contribution >= 0.6 is 23.4 Å². The largest absolute Gasteiger partial charge is 0.493 e. The highest BCUT2D eigenvalue weighted by Crippen LogP contribution is 2.36. The van der Waals surface area contributed by atoms with Crippen molar-refractivity contribution in [2.24, 2.45) is 0 Å². The molecule has 0 unspecified atom stereocenters. The highest BCUT2D eigenvalue weighted by molar-refractivity contribution is 7.98. The Labute approximate surface area is 210 Å². The maximum atomic E-state index is 12.7. The minimum Gasteiger partial charge on any atom is -0.493 e. The predicted octanol–water partition coefficient (Wildman–Crippen LogP) is 4.52. The average Bonchev–Trinajstić information content (AvgIpc) is 3.45. The van der Waals surface area contributed by atoms with Crippen LogP contribution in [0.2, 0.25) is 5.02 Å². The zero-order valence-corrected chi connectivity index (χ0v) is 21.0. The van der Waals surface area contributed by atoms with Gasteiger partial charge < -0.3 is 25.0 Å². The molecule has 3 N–H and O–H groups in total. The van der Waals surface area contributed by atoms with Gasteiger partial charge in [-0.05, 0) is 49.1 Å². The Morgan fingerprint density at radius 2 is 1.97 bits per heavy atom. The van der Waals surface area contributed by atoms with E-state index < -0.39 is 0 Å². The van der Waals surface area contributed by atoms with Gasteiger partial charge in [0.25, 0.3) is 5.89 Å². The number of hydrogen-bond acceptors (Lipinski definition) is 9. The van der Waals surface area contributed by atoms with Gasteiger partial charge >= 0.3 is 0 Å². The molecule has 182 valence electrons. The lowest BCUT2D eigenvalue weighted by Crippen LogP contribution is -2.21. The highest BCUT2D eigenvalue weighted by atomic mass is 35.5. The summed E-state index contributed by atoms with van der Waals surface area (Å²) in [5.74, 6) is 1.58. The number of amides is 1. The molecule has 0 spiro atoms. The highest BCUT2D eigenvalue weighted by Gasteiger charge is 2.24. The van der Waals surface area contributed by atoms with Crippen LogP contribution in [0.1, 0.15) is 5.56 Å². The summed E-state index contributed by atoms with van der Waals surface area (Å²) in [6.45, 7) is 1.77. The molecule has 0 fully saturated rings. The van der Waals surface area contributed by atoms with Crippen LogP contribution in [0.5, 0.6) is 11.5 Å². The maximum Gasteiger partial charge on any atom is 0.264 e. The molecule has 4 aromatic rings. The molecule has 0 bridgehead atoms. The Balaban J connectivity index is 1.60. The van der Waals surface area contributed by atoms with E-state index in [0.717, 1.165) is 5.56 Å². The molecule has 0 saturated carbocycles. The second-order valence-corrected chi connectivity index (χ2v) is 8.66. The molecule has 12 heteroatoms. The first-order chi connectivity index (χ1) is 16.8. The second-order valence-electron chi connectivity index (χ2n) is 7.43. The van der Waals surface area contributed by atoms with Crippen molar-refractivity contribution in [3.05, 3.63) is 47.0 Å². The number of nitrogens with one attached hydrogen (secondary N) is 1. The summed E-state index contributed by atoms with van der Waals surface area (Å²) in [6, 6.07) is 10.6. The summed E-state index contributed by atoms with van der Waals surface area (Å²) in [7, 11) is 3.11. The van der Waals surface area contributed by atoms with E-state index >= 15 is 0 Å². The molecular weight excluding hydrogens is 492 g/mol. The number of rotatable bonds is 8. The van der Waals surface area contributed by atoms with Crippen LogP contribution in [0.3, 0.4) is 0 Å². The first-order valence-corrected chi connectivity index (χ1v) is 12.0. The normalized spacial score (nSPS) is 10.9. The van der Waals surface area contributed by atoms with E-state index in [-0.39, 0.29) is 24.2 Å². The van der Waals surface area contributed by atoms with Gasteiger partial charge in [-0.2, -0.15) is 10.1 Å². The number of anilines is 2. The lowest BCUT2D eigenvalue weighted by molar-refractivity contribution is -0.116. The van der Waals surface area contributed by atoms with Crippen LogP contribution in [-0.2, 0) is 11.3 Å². The number of ether oxygens (including phenoxy) is 2. The molecule has 2 heterocycles. The molecule has 35 heavy (non-hydrogen) atoms. The summed E-state index contributed by atoms with van der Waals surface area (Å²) in [5, 5.41) is 12.5. The van der Waals surface area contributed by atoms with Gasteiger partial charge in [0, 0.05) is 16.3 Å². The third kappa shape index (κ3) is 5.05. The van der Waals surface area contributed by atoms with Crippen molar-refractivity contribution in [2.75, 3.05) is 31.5 Å². The van der Waals surface area contributed by atoms with Crippen molar-refractivity contribution in [3.63, 3.8) is 0 Å². The molecule has 2 aromatic carbocycles. The molecule has 10 nitrogen and oxygen atoms in total. The van der Waals surface area contributed by atoms with Gasteiger partial charge in [0.05, 0.1) is 14.2 Å². The molecular formula is C23H23ClN6O4S. The van der Waals surface area contributed by atoms with Crippen LogP contribution < -0.4 is 20.5 Å². The van der Waals surface area contributed by atoms with Crippen LogP contribution in [0.4, 0.5) is 11.5 Å². The summed E-state index contributed by atoms with van der Waals surface area (Å²) in [4.78, 5) is 17.2. The standard InChI is InChI=1S/C23H23ClN6O4S/c1-12-5-7-14(24)10-15(12)26-18(31)11-30-20(25)19(23(28-30)35-4)22-27-21(29-34-22)13-6-8-16(32-2)17(9-13)33-3/h5-10H,11,25H2,1-4H3,(H,26,31). The summed E-state index contributed by atoms with van der Waals surface area (Å²) in [6.07, 6.45) is 1.84. The zero-order valence-electron chi connectivity index (χ0n) is 19.5. The zero-order chi connectivity index (χ0) is 25.1. The van der Waals surface area contributed by atoms with Crippen molar-refractivity contribution in [1.29, 1.82) is 0 Å². The Hall–Kier alpha value is -3.70. The van der Waals surface area contributed by atoms with Gasteiger partial charge in [0.2, 0.25) is 11.7 Å². The molecule has 0 aliphatic heterocycles.